The second-order valence-electron chi connectivity index (χ2n) is 12.0. The first-order valence-corrected chi connectivity index (χ1v) is 16.3. The molecule has 2 N–H and O–H groups in total. The van der Waals surface area contributed by atoms with Crippen LogP contribution in [0.3, 0.4) is 0 Å². The van der Waals surface area contributed by atoms with Crippen molar-refractivity contribution in [2.75, 3.05) is 20.3 Å². The second-order valence-corrected chi connectivity index (χ2v) is 12.0. The molecule has 8 nitrogen and oxygen atoms in total. The van der Waals surface area contributed by atoms with Crippen molar-refractivity contribution in [3.05, 3.63) is 137 Å². The summed E-state index contributed by atoms with van der Waals surface area (Å²) in [6.45, 7) is 1.27. The van der Waals surface area contributed by atoms with Crippen LogP contribution >= 0.6 is 0 Å². The van der Waals surface area contributed by atoms with Gasteiger partial charge in [0.25, 0.3) is 0 Å². The van der Waals surface area contributed by atoms with Gasteiger partial charge in [-0.1, -0.05) is 91.0 Å². The number of pyridine rings is 1. The molecule has 1 amide bonds. The van der Waals surface area contributed by atoms with Gasteiger partial charge in [0.15, 0.2) is 5.78 Å². The van der Waals surface area contributed by atoms with Crippen LogP contribution in [0.1, 0.15) is 53.1 Å². The average molecular weight is 634 g/mol. The van der Waals surface area contributed by atoms with Crippen molar-refractivity contribution < 1.29 is 23.9 Å². The number of amides is 1. The number of ketones is 2. The van der Waals surface area contributed by atoms with Crippen LogP contribution in [0.2, 0.25) is 0 Å². The monoisotopic (exact) mass is 633 g/mol. The summed E-state index contributed by atoms with van der Waals surface area (Å²) in [5.41, 5.74) is 4.68. The van der Waals surface area contributed by atoms with Crippen molar-refractivity contribution >= 4 is 17.7 Å². The van der Waals surface area contributed by atoms with E-state index < -0.39 is 18.1 Å². The molecule has 3 atom stereocenters. The molecule has 0 saturated carbocycles. The largest absolute Gasteiger partial charge is 0.453 e. The van der Waals surface area contributed by atoms with Gasteiger partial charge >= 0.3 is 6.09 Å². The van der Waals surface area contributed by atoms with E-state index in [-0.39, 0.29) is 30.1 Å². The Bertz CT molecular complexity index is 1530. The summed E-state index contributed by atoms with van der Waals surface area (Å²) >= 11 is 0. The van der Waals surface area contributed by atoms with E-state index >= 15 is 0 Å². The highest BCUT2D eigenvalue weighted by Crippen LogP contribution is 2.30. The maximum absolute atomic E-state index is 14.1. The number of alkyl carbamates (subject to hydrolysis) is 1. The molecule has 4 aromatic rings. The molecule has 1 aliphatic rings. The summed E-state index contributed by atoms with van der Waals surface area (Å²) in [5.74, 6) is -0.311. The number of rotatable bonds is 15. The van der Waals surface area contributed by atoms with Gasteiger partial charge in [0.2, 0.25) is 0 Å². The predicted octanol–water partition coefficient (Wildman–Crippen LogP) is 5.63. The number of methoxy groups -OCH3 is 1. The summed E-state index contributed by atoms with van der Waals surface area (Å²) in [6.07, 6.45) is 4.39. The number of hydrogen-bond donors (Lipinski definition) is 2. The molecule has 1 aliphatic heterocycles. The molecule has 5 rings (SSSR count). The first-order valence-electron chi connectivity index (χ1n) is 16.3. The third-order valence-electron chi connectivity index (χ3n) is 8.72. The van der Waals surface area contributed by atoms with Crippen LogP contribution in [-0.4, -0.2) is 61.1 Å². The molecule has 1 aromatic heterocycles. The van der Waals surface area contributed by atoms with E-state index in [9.17, 15) is 14.4 Å². The molecule has 1 saturated heterocycles. The van der Waals surface area contributed by atoms with Gasteiger partial charge in [-0.15, -0.1) is 0 Å². The summed E-state index contributed by atoms with van der Waals surface area (Å²) < 4.78 is 11.1. The predicted molar refractivity (Wildman–Crippen MR) is 181 cm³/mol. The SMILES string of the molecule is COC(=O)N[C@H](C(=O)Cc1ccccc1CC[C@@H]1CN[C@H](CCC(=O)Cc2ccccn2)CO1)C(c1ccccc1)c1ccccc1. The second kappa shape index (κ2) is 17.3. The number of aromatic nitrogens is 1. The zero-order chi connectivity index (χ0) is 32.8. The zero-order valence-corrected chi connectivity index (χ0v) is 26.8. The fourth-order valence-corrected chi connectivity index (χ4v) is 6.19. The van der Waals surface area contributed by atoms with E-state index in [1.54, 1.807) is 6.20 Å². The number of benzene rings is 3. The highest BCUT2D eigenvalue weighted by Gasteiger charge is 2.33. The molecule has 0 bridgehead atoms. The molecule has 8 heteroatoms. The van der Waals surface area contributed by atoms with Crippen molar-refractivity contribution in [1.29, 1.82) is 0 Å². The highest BCUT2D eigenvalue weighted by molar-refractivity contribution is 5.91. The quantitative estimate of drug-likeness (QED) is 0.175. The topological polar surface area (TPSA) is 107 Å². The lowest BCUT2D eigenvalue weighted by atomic mass is 9.81. The van der Waals surface area contributed by atoms with Crippen LogP contribution in [-0.2, 0) is 38.3 Å². The zero-order valence-electron chi connectivity index (χ0n) is 26.8. The third kappa shape index (κ3) is 9.91. The van der Waals surface area contributed by atoms with Crippen molar-refractivity contribution in [3.8, 4) is 0 Å². The maximum atomic E-state index is 14.1. The Morgan fingerprint density at radius 3 is 2.13 bits per heavy atom. The summed E-state index contributed by atoms with van der Waals surface area (Å²) in [5, 5.41) is 6.41. The molecule has 0 unspecified atom stereocenters. The van der Waals surface area contributed by atoms with Crippen LogP contribution < -0.4 is 10.6 Å². The van der Waals surface area contributed by atoms with Gasteiger partial charge in [-0.3, -0.25) is 14.6 Å². The number of aryl methyl sites for hydroxylation is 1. The Kier molecular flexibility index (Phi) is 12.4. The number of nitrogens with zero attached hydrogens (tertiary/aromatic N) is 1. The average Bonchev–Trinajstić information content (AvgIpc) is 3.11. The fraction of sp³-hybridized carbons (Fsp3) is 0.333. The number of ether oxygens (including phenoxy) is 2. The van der Waals surface area contributed by atoms with E-state index in [2.05, 4.69) is 21.7 Å². The van der Waals surface area contributed by atoms with E-state index in [0.717, 1.165) is 47.2 Å². The number of hydrogen-bond acceptors (Lipinski definition) is 7. The van der Waals surface area contributed by atoms with Gasteiger partial charge in [0.1, 0.15) is 11.8 Å². The molecule has 1 fully saturated rings. The lowest BCUT2D eigenvalue weighted by Gasteiger charge is -2.30. The van der Waals surface area contributed by atoms with Gasteiger partial charge in [0, 0.05) is 49.7 Å². The highest BCUT2D eigenvalue weighted by atomic mass is 16.5. The van der Waals surface area contributed by atoms with Crippen LogP contribution in [0.25, 0.3) is 0 Å². The van der Waals surface area contributed by atoms with E-state index in [1.165, 1.54) is 7.11 Å². The number of carbonyl (C=O) groups excluding carboxylic acids is 3. The molecule has 2 heterocycles. The van der Waals surface area contributed by atoms with Crippen LogP contribution in [0, 0.1) is 0 Å². The normalized spacial score (nSPS) is 16.7. The number of carbonyl (C=O) groups is 3. The minimum atomic E-state index is -0.834. The van der Waals surface area contributed by atoms with E-state index in [1.807, 2.05) is 97.1 Å². The first-order chi connectivity index (χ1) is 23.0. The number of morpholine rings is 1. The third-order valence-corrected chi connectivity index (χ3v) is 8.72. The van der Waals surface area contributed by atoms with E-state index in [4.69, 9.17) is 9.47 Å². The lowest BCUT2D eigenvalue weighted by Crippen LogP contribution is -2.46. The summed E-state index contributed by atoms with van der Waals surface area (Å²) in [6, 6.07) is 32.5. The Morgan fingerprint density at radius 1 is 0.851 bits per heavy atom. The molecular formula is C39H43N3O5. The Labute approximate surface area is 276 Å². The van der Waals surface area contributed by atoms with E-state index in [0.29, 0.717) is 26.0 Å². The minimum absolute atomic E-state index is 0.0357. The Hall–Kier alpha value is -4.66. The minimum Gasteiger partial charge on any atom is -0.453 e. The summed E-state index contributed by atoms with van der Waals surface area (Å²) in [4.78, 5) is 43.3. The standard InChI is InChI=1S/C39H43N3O5/c1-46-39(45)42-38(37(29-13-4-2-5-14-29)30-15-6-3-7-16-30)36(44)24-31-17-9-8-12-28(31)19-22-35-26-41-33(27-47-35)20-21-34(43)25-32-18-10-11-23-40-32/h2-18,23,33,35,37-38,41H,19-22,24-27H2,1H3,(H,42,45)/t33-,35-,38-/m1/s1. The van der Waals surface area contributed by atoms with Gasteiger partial charge in [-0.25, -0.2) is 4.79 Å². The molecule has 0 radical (unpaired) electrons. The van der Waals surface area contributed by atoms with Crippen molar-refractivity contribution in [2.45, 2.75) is 62.6 Å². The lowest BCUT2D eigenvalue weighted by molar-refractivity contribution is -0.121. The first kappa shape index (κ1) is 33.7. The summed E-state index contributed by atoms with van der Waals surface area (Å²) in [7, 11) is 1.31. The molecular weight excluding hydrogens is 590 g/mol. The van der Waals surface area contributed by atoms with Crippen molar-refractivity contribution in [3.63, 3.8) is 0 Å². The fourth-order valence-electron chi connectivity index (χ4n) is 6.19. The van der Waals surface area contributed by atoms with Gasteiger partial charge in [-0.2, -0.15) is 0 Å². The van der Waals surface area contributed by atoms with Gasteiger partial charge in [0.05, 0.1) is 19.8 Å². The van der Waals surface area contributed by atoms with Crippen LogP contribution in [0.4, 0.5) is 4.79 Å². The van der Waals surface area contributed by atoms with Crippen LogP contribution in [0.15, 0.2) is 109 Å². The maximum Gasteiger partial charge on any atom is 0.407 e. The van der Waals surface area contributed by atoms with Gasteiger partial charge in [-0.05, 0) is 53.6 Å². The van der Waals surface area contributed by atoms with Crippen molar-refractivity contribution in [2.24, 2.45) is 0 Å². The van der Waals surface area contributed by atoms with Gasteiger partial charge < -0.3 is 20.1 Å². The van der Waals surface area contributed by atoms with Crippen LogP contribution in [0.5, 0.6) is 0 Å². The Morgan fingerprint density at radius 2 is 1.51 bits per heavy atom. The molecule has 0 spiro atoms. The van der Waals surface area contributed by atoms with Crippen molar-refractivity contribution in [1.82, 2.24) is 15.6 Å². The molecule has 3 aromatic carbocycles. The molecule has 47 heavy (non-hydrogen) atoms. The molecule has 0 aliphatic carbocycles. The smallest absolute Gasteiger partial charge is 0.407 e. The number of nitrogens with one attached hydrogen (secondary N) is 2. The number of Topliss-reactive ketones (excluding diaryl/α,β-unsaturated/α-hetero) is 2. The Balaban J connectivity index is 1.19. The molecule has 244 valence electrons.